The molecular formula is C22H18N2O. The van der Waals surface area contributed by atoms with Crippen molar-refractivity contribution in [1.29, 1.82) is 0 Å². The highest BCUT2D eigenvalue weighted by atomic mass is 16.1. The van der Waals surface area contributed by atoms with Crippen LogP contribution < -0.4 is 5.73 Å². The number of carbonyl (C=O) groups excluding carboxylic acids is 1. The third-order valence-corrected chi connectivity index (χ3v) is 5.91. The highest BCUT2D eigenvalue weighted by Gasteiger charge is 2.55. The summed E-state index contributed by atoms with van der Waals surface area (Å²) in [6.45, 7) is 0. The van der Waals surface area contributed by atoms with E-state index in [2.05, 4.69) is 42.5 Å². The van der Waals surface area contributed by atoms with E-state index >= 15 is 0 Å². The van der Waals surface area contributed by atoms with Crippen molar-refractivity contribution in [2.45, 2.75) is 17.8 Å². The van der Waals surface area contributed by atoms with Gasteiger partial charge < -0.3 is 5.73 Å². The third-order valence-electron chi connectivity index (χ3n) is 5.91. The first-order chi connectivity index (χ1) is 12.2. The second kappa shape index (κ2) is 5.03. The lowest BCUT2D eigenvalue weighted by molar-refractivity contribution is -0.123. The Hall–Kier alpha value is -2.94. The highest BCUT2D eigenvalue weighted by Crippen LogP contribution is 2.60. The molecule has 1 aromatic heterocycles. The van der Waals surface area contributed by atoms with Crippen molar-refractivity contribution >= 4 is 5.91 Å². The van der Waals surface area contributed by atoms with Gasteiger partial charge in [0.2, 0.25) is 5.91 Å². The van der Waals surface area contributed by atoms with E-state index in [1.54, 1.807) is 0 Å². The minimum atomic E-state index is -0.414. The van der Waals surface area contributed by atoms with E-state index in [1.165, 1.54) is 22.3 Å². The van der Waals surface area contributed by atoms with Crippen LogP contribution in [0.1, 0.15) is 40.3 Å². The van der Waals surface area contributed by atoms with Crippen molar-refractivity contribution in [1.82, 2.24) is 4.98 Å². The molecule has 0 fully saturated rings. The van der Waals surface area contributed by atoms with Crippen LogP contribution >= 0.6 is 0 Å². The molecule has 6 rings (SSSR count). The summed E-state index contributed by atoms with van der Waals surface area (Å²) in [5.41, 5.74) is 11.4. The normalized spacial score (nSPS) is 25.9. The molecule has 3 heteroatoms. The molecule has 3 aromatic rings. The fourth-order valence-corrected chi connectivity index (χ4v) is 4.99. The van der Waals surface area contributed by atoms with Crippen molar-refractivity contribution in [2.24, 2.45) is 11.7 Å². The minimum absolute atomic E-state index is 0.0375. The Bertz CT molecular complexity index is 933. The van der Waals surface area contributed by atoms with Crippen molar-refractivity contribution in [3.8, 4) is 0 Å². The van der Waals surface area contributed by atoms with Crippen molar-refractivity contribution in [2.75, 3.05) is 0 Å². The molecule has 1 atom stereocenters. The van der Waals surface area contributed by atoms with Crippen LogP contribution in [0.15, 0.2) is 72.9 Å². The Morgan fingerprint density at radius 2 is 1.52 bits per heavy atom. The maximum atomic E-state index is 12.3. The third kappa shape index (κ3) is 1.75. The van der Waals surface area contributed by atoms with Crippen molar-refractivity contribution in [3.05, 3.63) is 101 Å². The number of hydrogen-bond donors (Lipinski definition) is 1. The number of amides is 1. The number of pyridine rings is 1. The molecule has 0 saturated heterocycles. The fourth-order valence-electron chi connectivity index (χ4n) is 4.99. The molecule has 2 N–H and O–H groups in total. The smallest absolute Gasteiger partial charge is 0.221 e. The van der Waals surface area contributed by atoms with Gasteiger partial charge in [0.15, 0.2) is 0 Å². The molecule has 1 amide bonds. The van der Waals surface area contributed by atoms with Gasteiger partial charge >= 0.3 is 0 Å². The zero-order chi connectivity index (χ0) is 17.0. The Kier molecular flexibility index (Phi) is 2.90. The van der Waals surface area contributed by atoms with Gasteiger partial charge in [0.1, 0.15) is 0 Å². The van der Waals surface area contributed by atoms with Crippen LogP contribution in [-0.4, -0.2) is 10.9 Å². The van der Waals surface area contributed by atoms with Gasteiger partial charge in [0.05, 0.1) is 17.0 Å². The standard InChI is InChI=1S/C22H18N2O/c23-21(25)16-13-22(19-11-5-6-12-24-19)17-9-3-1-7-14(17)20(16)15-8-2-4-10-18(15)22/h1-12,16,20H,13H2,(H2,23,25)/t16-,20?,22?/m0/s1. The molecule has 2 aromatic carbocycles. The molecule has 0 spiro atoms. The summed E-state index contributed by atoms with van der Waals surface area (Å²) < 4.78 is 0. The maximum Gasteiger partial charge on any atom is 0.221 e. The van der Waals surface area contributed by atoms with E-state index in [1.807, 2.05) is 30.5 Å². The van der Waals surface area contributed by atoms with E-state index < -0.39 is 5.41 Å². The first-order valence-corrected chi connectivity index (χ1v) is 8.63. The Morgan fingerprint density at radius 3 is 2.08 bits per heavy atom. The van der Waals surface area contributed by atoms with Gasteiger partial charge in [0.25, 0.3) is 0 Å². The number of aromatic nitrogens is 1. The van der Waals surface area contributed by atoms with E-state index in [4.69, 9.17) is 10.7 Å². The van der Waals surface area contributed by atoms with Crippen LogP contribution in [0.4, 0.5) is 0 Å². The molecule has 1 heterocycles. The second-order valence-corrected chi connectivity index (χ2v) is 6.99. The quantitative estimate of drug-likeness (QED) is 0.785. The lowest BCUT2D eigenvalue weighted by Gasteiger charge is -2.52. The van der Waals surface area contributed by atoms with E-state index in [0.717, 1.165) is 5.69 Å². The molecule has 2 bridgehead atoms. The second-order valence-electron chi connectivity index (χ2n) is 6.99. The largest absolute Gasteiger partial charge is 0.369 e. The summed E-state index contributed by atoms with van der Waals surface area (Å²) in [4.78, 5) is 17.0. The Balaban J connectivity index is 1.93. The predicted octanol–water partition coefficient (Wildman–Crippen LogP) is 3.37. The summed E-state index contributed by atoms with van der Waals surface area (Å²) in [7, 11) is 0. The summed E-state index contributed by atoms with van der Waals surface area (Å²) in [6.07, 6.45) is 2.51. The maximum absolute atomic E-state index is 12.3. The molecule has 0 radical (unpaired) electrons. The van der Waals surface area contributed by atoms with Crippen LogP contribution in [0.2, 0.25) is 0 Å². The van der Waals surface area contributed by atoms with Gasteiger partial charge in [0, 0.05) is 12.1 Å². The average molecular weight is 326 g/mol. The lowest BCUT2D eigenvalue weighted by Crippen LogP contribution is -2.49. The Labute approximate surface area is 146 Å². The minimum Gasteiger partial charge on any atom is -0.369 e. The molecular weight excluding hydrogens is 308 g/mol. The van der Waals surface area contributed by atoms with Crippen molar-refractivity contribution < 1.29 is 4.79 Å². The number of carbonyl (C=O) groups is 1. The SMILES string of the molecule is NC(=O)[C@H]1CC2(c3ccccn3)c3ccccc3C1c1ccccc12. The zero-order valence-corrected chi connectivity index (χ0v) is 13.7. The number of hydrogen-bond acceptors (Lipinski definition) is 2. The summed E-state index contributed by atoms with van der Waals surface area (Å²) in [5.74, 6) is -0.406. The van der Waals surface area contributed by atoms with Gasteiger partial charge in [-0.1, -0.05) is 54.6 Å². The molecule has 3 aliphatic rings. The fraction of sp³-hybridized carbons (Fsp3) is 0.182. The van der Waals surface area contributed by atoms with Gasteiger partial charge in [-0.2, -0.15) is 0 Å². The van der Waals surface area contributed by atoms with Crippen LogP contribution in [-0.2, 0) is 10.2 Å². The molecule has 3 aliphatic carbocycles. The topological polar surface area (TPSA) is 56.0 Å². The zero-order valence-electron chi connectivity index (χ0n) is 13.7. The molecule has 0 aliphatic heterocycles. The number of nitrogens with zero attached hydrogens (tertiary/aromatic N) is 1. The van der Waals surface area contributed by atoms with Gasteiger partial charge in [-0.15, -0.1) is 0 Å². The molecule has 25 heavy (non-hydrogen) atoms. The number of fused-ring (bicyclic) bond motifs is 1. The van der Waals surface area contributed by atoms with Gasteiger partial charge in [-0.3, -0.25) is 9.78 Å². The average Bonchev–Trinajstić information content (AvgIpc) is 2.68. The lowest BCUT2D eigenvalue weighted by atomic mass is 9.50. The number of benzene rings is 2. The number of primary amides is 1. The van der Waals surface area contributed by atoms with Crippen LogP contribution in [0.25, 0.3) is 0 Å². The van der Waals surface area contributed by atoms with Crippen LogP contribution in [0.5, 0.6) is 0 Å². The summed E-state index contributed by atoms with van der Waals surface area (Å²) >= 11 is 0. The van der Waals surface area contributed by atoms with Crippen molar-refractivity contribution in [3.63, 3.8) is 0 Å². The van der Waals surface area contributed by atoms with Crippen LogP contribution in [0, 0.1) is 5.92 Å². The summed E-state index contributed by atoms with van der Waals surface area (Å²) in [5, 5.41) is 0. The molecule has 0 saturated carbocycles. The monoisotopic (exact) mass is 326 g/mol. The van der Waals surface area contributed by atoms with Gasteiger partial charge in [-0.05, 0) is 40.8 Å². The molecule has 3 nitrogen and oxygen atoms in total. The number of nitrogens with two attached hydrogens (primary N) is 1. The first-order valence-electron chi connectivity index (χ1n) is 8.63. The first kappa shape index (κ1) is 14.4. The summed E-state index contributed by atoms with van der Waals surface area (Å²) in [6, 6.07) is 22.9. The molecule has 122 valence electrons. The van der Waals surface area contributed by atoms with Crippen LogP contribution in [0.3, 0.4) is 0 Å². The molecule has 0 unspecified atom stereocenters. The van der Waals surface area contributed by atoms with E-state index in [9.17, 15) is 4.79 Å². The van der Waals surface area contributed by atoms with E-state index in [-0.39, 0.29) is 17.7 Å². The van der Waals surface area contributed by atoms with Gasteiger partial charge in [-0.25, -0.2) is 0 Å². The number of rotatable bonds is 2. The Morgan fingerprint density at radius 1 is 0.920 bits per heavy atom. The van der Waals surface area contributed by atoms with E-state index in [0.29, 0.717) is 6.42 Å². The predicted molar refractivity (Wildman–Crippen MR) is 96.1 cm³/mol. The highest BCUT2D eigenvalue weighted by molar-refractivity contribution is 5.82.